The van der Waals surface area contributed by atoms with Gasteiger partial charge in [-0.3, -0.25) is 4.79 Å². The predicted molar refractivity (Wildman–Crippen MR) is 105 cm³/mol. The summed E-state index contributed by atoms with van der Waals surface area (Å²) in [5.74, 6) is 0.265. The van der Waals surface area contributed by atoms with Crippen LogP contribution >= 0.6 is 0 Å². The minimum atomic E-state index is -0.537. The van der Waals surface area contributed by atoms with Crippen molar-refractivity contribution in [2.45, 2.75) is 58.0 Å². The lowest BCUT2D eigenvalue weighted by Crippen LogP contribution is -2.55. The predicted octanol–water partition coefficient (Wildman–Crippen LogP) is 3.05. The highest BCUT2D eigenvalue weighted by molar-refractivity contribution is 5.91. The summed E-state index contributed by atoms with van der Waals surface area (Å²) in [6, 6.07) is 5.92. The van der Waals surface area contributed by atoms with Crippen LogP contribution in [0.2, 0.25) is 0 Å². The average Bonchev–Trinajstić information content (AvgIpc) is 2.59. The van der Waals surface area contributed by atoms with Crippen LogP contribution in [-0.4, -0.2) is 33.8 Å². The second-order valence-electron chi connectivity index (χ2n) is 8.91. The number of nitrogens with zero attached hydrogens (tertiary/aromatic N) is 3. The molecule has 0 aromatic carbocycles. The van der Waals surface area contributed by atoms with Crippen molar-refractivity contribution in [1.29, 1.82) is 5.26 Å². The van der Waals surface area contributed by atoms with Crippen molar-refractivity contribution in [3.05, 3.63) is 33.7 Å². The molecule has 0 radical (unpaired) electrons. The van der Waals surface area contributed by atoms with E-state index in [2.05, 4.69) is 29.8 Å². The zero-order valence-electron chi connectivity index (χ0n) is 16.2. The molecule has 0 unspecified atom stereocenters. The molecule has 1 spiro atoms. The van der Waals surface area contributed by atoms with E-state index in [4.69, 9.17) is 4.98 Å². The monoisotopic (exact) mass is 366 g/mol. The summed E-state index contributed by atoms with van der Waals surface area (Å²) in [5.41, 5.74) is 2.45. The Bertz CT molecular complexity index is 982. The third kappa shape index (κ3) is 3.00. The number of fused-ring (bicyclic) bond motifs is 1. The van der Waals surface area contributed by atoms with E-state index < -0.39 is 5.60 Å². The Balaban J connectivity index is 1.75. The standard InChI is InChI=1S/C21H26N4O2/c1-13(2)15-4-5-16-17(23-15)18(14(10-22)19(26)24-16)25-8-6-21(7-9-25)11-20(3,27)12-21/h4-5,13,27H,6-9,11-12H2,1-3H3,(H,24,26). The molecule has 27 heavy (non-hydrogen) atoms. The largest absolute Gasteiger partial charge is 0.390 e. The van der Waals surface area contributed by atoms with E-state index in [1.54, 1.807) is 0 Å². The zero-order chi connectivity index (χ0) is 19.4. The lowest BCUT2D eigenvalue weighted by Gasteiger charge is -2.55. The number of nitrogens with one attached hydrogen (secondary N) is 1. The molecular weight excluding hydrogens is 340 g/mol. The Kier molecular flexibility index (Phi) is 4.04. The van der Waals surface area contributed by atoms with Crippen LogP contribution in [0.1, 0.15) is 63.6 Å². The van der Waals surface area contributed by atoms with Gasteiger partial charge < -0.3 is 15.0 Å². The minimum Gasteiger partial charge on any atom is -0.390 e. The highest BCUT2D eigenvalue weighted by atomic mass is 16.3. The first-order valence-electron chi connectivity index (χ1n) is 9.68. The van der Waals surface area contributed by atoms with Gasteiger partial charge in [0.1, 0.15) is 17.1 Å². The van der Waals surface area contributed by atoms with Crippen molar-refractivity contribution in [3.8, 4) is 6.07 Å². The van der Waals surface area contributed by atoms with Crippen LogP contribution in [-0.2, 0) is 0 Å². The van der Waals surface area contributed by atoms with Gasteiger partial charge in [0.15, 0.2) is 0 Å². The molecular formula is C21H26N4O2. The molecule has 2 aromatic heterocycles. The van der Waals surface area contributed by atoms with Crippen LogP contribution in [0, 0.1) is 16.7 Å². The summed E-state index contributed by atoms with van der Waals surface area (Å²) in [7, 11) is 0. The molecule has 0 atom stereocenters. The summed E-state index contributed by atoms with van der Waals surface area (Å²) in [6.45, 7) is 7.61. The molecule has 2 aromatic rings. The van der Waals surface area contributed by atoms with Crippen molar-refractivity contribution < 1.29 is 5.11 Å². The number of piperidine rings is 1. The Morgan fingerprint density at radius 3 is 2.52 bits per heavy atom. The second-order valence-corrected chi connectivity index (χ2v) is 8.91. The molecule has 2 N–H and O–H groups in total. The third-order valence-corrected chi connectivity index (χ3v) is 6.21. The first-order valence-corrected chi connectivity index (χ1v) is 9.68. The molecule has 6 nitrogen and oxygen atoms in total. The van der Waals surface area contributed by atoms with Gasteiger partial charge in [0, 0.05) is 18.8 Å². The van der Waals surface area contributed by atoms with Gasteiger partial charge >= 0.3 is 0 Å². The van der Waals surface area contributed by atoms with Gasteiger partial charge in [0.05, 0.1) is 16.8 Å². The van der Waals surface area contributed by atoms with E-state index in [-0.39, 0.29) is 22.5 Å². The summed E-state index contributed by atoms with van der Waals surface area (Å²) in [4.78, 5) is 22.2. The normalized spacial score (nSPS) is 20.7. The summed E-state index contributed by atoms with van der Waals surface area (Å²) in [6.07, 6.45) is 3.61. The van der Waals surface area contributed by atoms with Crippen LogP contribution in [0.5, 0.6) is 0 Å². The fraction of sp³-hybridized carbons (Fsp3) is 0.571. The molecule has 3 heterocycles. The first-order chi connectivity index (χ1) is 12.7. The van der Waals surface area contributed by atoms with Gasteiger partial charge in [-0.25, -0.2) is 4.98 Å². The first kappa shape index (κ1) is 18.0. The number of H-pyrrole nitrogens is 1. The minimum absolute atomic E-state index is 0.146. The molecule has 2 fully saturated rings. The average molecular weight is 366 g/mol. The molecule has 1 aliphatic carbocycles. The fourth-order valence-electron chi connectivity index (χ4n) is 5.02. The molecule has 142 valence electrons. The van der Waals surface area contributed by atoms with Gasteiger partial charge in [-0.15, -0.1) is 0 Å². The van der Waals surface area contributed by atoms with E-state index in [0.717, 1.165) is 44.5 Å². The van der Waals surface area contributed by atoms with Gasteiger partial charge in [0.2, 0.25) is 0 Å². The number of aromatic amines is 1. The second kappa shape index (κ2) is 6.07. The number of hydrogen-bond acceptors (Lipinski definition) is 5. The van der Waals surface area contributed by atoms with Crippen LogP contribution in [0.25, 0.3) is 11.0 Å². The number of pyridine rings is 2. The Morgan fingerprint density at radius 1 is 1.30 bits per heavy atom. The van der Waals surface area contributed by atoms with E-state index in [0.29, 0.717) is 16.7 Å². The molecule has 4 rings (SSSR count). The van der Waals surface area contributed by atoms with Gasteiger partial charge in [-0.1, -0.05) is 13.8 Å². The van der Waals surface area contributed by atoms with Crippen LogP contribution in [0.4, 0.5) is 5.69 Å². The molecule has 2 aliphatic rings. The SMILES string of the molecule is CC(C)c1ccc2[nH]c(=O)c(C#N)c(N3CCC4(CC3)CC(C)(O)C4)c2n1. The highest BCUT2D eigenvalue weighted by Gasteiger charge is 2.51. The van der Waals surface area contributed by atoms with E-state index in [1.165, 1.54) is 0 Å². The third-order valence-electron chi connectivity index (χ3n) is 6.21. The number of hydrogen-bond donors (Lipinski definition) is 2. The van der Waals surface area contributed by atoms with E-state index in [9.17, 15) is 15.2 Å². The summed E-state index contributed by atoms with van der Waals surface area (Å²) < 4.78 is 0. The number of aromatic nitrogens is 2. The number of rotatable bonds is 2. The molecule has 6 heteroatoms. The number of aliphatic hydroxyl groups is 1. The Labute approximate surface area is 158 Å². The van der Waals surface area contributed by atoms with Crippen LogP contribution in [0.15, 0.2) is 16.9 Å². The molecule has 1 aliphatic heterocycles. The molecule has 0 amide bonds. The lowest BCUT2D eigenvalue weighted by atomic mass is 9.56. The maximum Gasteiger partial charge on any atom is 0.268 e. The van der Waals surface area contributed by atoms with Crippen LogP contribution < -0.4 is 10.5 Å². The number of anilines is 1. The van der Waals surface area contributed by atoms with Crippen molar-refractivity contribution in [3.63, 3.8) is 0 Å². The fourth-order valence-corrected chi connectivity index (χ4v) is 5.02. The Hall–Kier alpha value is -2.39. The molecule has 0 bridgehead atoms. The zero-order valence-corrected chi connectivity index (χ0v) is 16.2. The summed E-state index contributed by atoms with van der Waals surface area (Å²) >= 11 is 0. The van der Waals surface area contributed by atoms with Gasteiger partial charge in [0.25, 0.3) is 5.56 Å². The quantitative estimate of drug-likeness (QED) is 0.852. The maximum atomic E-state index is 12.5. The topological polar surface area (TPSA) is 93.0 Å². The van der Waals surface area contributed by atoms with Crippen LogP contribution in [0.3, 0.4) is 0 Å². The van der Waals surface area contributed by atoms with Crippen molar-refractivity contribution >= 4 is 16.7 Å². The maximum absolute atomic E-state index is 12.5. The van der Waals surface area contributed by atoms with E-state index >= 15 is 0 Å². The van der Waals surface area contributed by atoms with Crippen molar-refractivity contribution in [2.24, 2.45) is 5.41 Å². The summed E-state index contributed by atoms with van der Waals surface area (Å²) in [5, 5.41) is 19.8. The smallest absolute Gasteiger partial charge is 0.268 e. The van der Waals surface area contributed by atoms with Gasteiger partial charge in [-0.05, 0) is 56.1 Å². The number of nitriles is 1. The van der Waals surface area contributed by atoms with Crippen molar-refractivity contribution in [1.82, 2.24) is 9.97 Å². The van der Waals surface area contributed by atoms with Gasteiger partial charge in [-0.2, -0.15) is 5.26 Å². The molecule has 1 saturated heterocycles. The highest BCUT2D eigenvalue weighted by Crippen LogP contribution is 2.55. The lowest BCUT2D eigenvalue weighted by molar-refractivity contribution is -0.124. The Morgan fingerprint density at radius 2 is 1.96 bits per heavy atom. The molecule has 1 saturated carbocycles. The van der Waals surface area contributed by atoms with E-state index in [1.807, 2.05) is 19.1 Å². The van der Waals surface area contributed by atoms with Crippen molar-refractivity contribution in [2.75, 3.05) is 18.0 Å².